The minimum Gasteiger partial charge on any atom is -0.0807 e. The van der Waals surface area contributed by atoms with Crippen LogP contribution in [0, 0.1) is 11.3 Å². The van der Waals surface area contributed by atoms with E-state index < -0.39 is 0 Å². The molecule has 0 saturated carbocycles. The van der Waals surface area contributed by atoms with Crippen LogP contribution in [-0.4, -0.2) is 0 Å². The van der Waals surface area contributed by atoms with Crippen molar-refractivity contribution < 1.29 is 0 Å². The molecule has 0 heterocycles. The predicted molar refractivity (Wildman–Crippen MR) is 76.0 cm³/mol. The summed E-state index contributed by atoms with van der Waals surface area (Å²) in [5.74, 6) is 0.782. The molecule has 0 saturated heterocycles. The molecule has 0 fully saturated rings. The van der Waals surface area contributed by atoms with Crippen molar-refractivity contribution in [2.75, 3.05) is 0 Å². The zero-order valence-corrected chi connectivity index (χ0v) is 11.5. The Kier molecular flexibility index (Phi) is 4.88. The maximum atomic E-state index is 2.47. The summed E-state index contributed by atoms with van der Waals surface area (Å²) in [6, 6.07) is 0. The van der Waals surface area contributed by atoms with Gasteiger partial charge in [-0.25, -0.2) is 0 Å². The van der Waals surface area contributed by atoms with Crippen LogP contribution in [0.3, 0.4) is 0 Å². The first-order valence-corrected chi connectivity index (χ1v) is 7.73. The smallest absolute Gasteiger partial charge is 0.00699 e. The molecular weight excluding hydrogens is 204 g/mol. The molecule has 2 bridgehead atoms. The third kappa shape index (κ3) is 3.72. The minimum absolute atomic E-state index is 0.493. The fourth-order valence-corrected chi connectivity index (χ4v) is 3.32. The zero-order valence-electron chi connectivity index (χ0n) is 11.5. The summed E-state index contributed by atoms with van der Waals surface area (Å²) in [5, 5.41) is 0. The number of allylic oxidation sites excluding steroid dienone is 4. The molecule has 0 unspecified atom stereocenters. The Morgan fingerprint density at radius 1 is 0.882 bits per heavy atom. The fraction of sp³-hybridized carbons (Fsp3) is 0.765. The van der Waals surface area contributed by atoms with Crippen molar-refractivity contribution in [3.63, 3.8) is 0 Å². The summed E-state index contributed by atoms with van der Waals surface area (Å²) in [7, 11) is 0. The Bertz CT molecular complexity index is 258. The first kappa shape index (κ1) is 12.9. The Hall–Kier alpha value is -0.520. The normalized spacial score (nSPS) is 29.4. The number of rotatable bonds is 9. The summed E-state index contributed by atoms with van der Waals surface area (Å²) in [5.41, 5.74) is 0.493. The Balaban J connectivity index is 1.47. The SMILES string of the molecule is CCCCCCCCCCC12C=CC(C=C1)C2. The van der Waals surface area contributed by atoms with Gasteiger partial charge in [0.15, 0.2) is 0 Å². The lowest BCUT2D eigenvalue weighted by Crippen LogP contribution is -2.09. The van der Waals surface area contributed by atoms with Crippen LogP contribution in [-0.2, 0) is 0 Å². The van der Waals surface area contributed by atoms with Crippen LogP contribution in [0.25, 0.3) is 0 Å². The van der Waals surface area contributed by atoms with E-state index in [-0.39, 0.29) is 0 Å². The summed E-state index contributed by atoms with van der Waals surface area (Å²) < 4.78 is 0. The third-order valence-corrected chi connectivity index (χ3v) is 4.46. The molecule has 96 valence electrons. The zero-order chi connectivity index (χ0) is 12.0. The highest BCUT2D eigenvalue weighted by Crippen LogP contribution is 2.47. The lowest BCUT2D eigenvalue weighted by atomic mass is 9.84. The molecule has 0 spiro atoms. The van der Waals surface area contributed by atoms with Gasteiger partial charge in [-0.15, -0.1) is 0 Å². The van der Waals surface area contributed by atoms with E-state index in [0.717, 1.165) is 5.92 Å². The van der Waals surface area contributed by atoms with Crippen LogP contribution in [0.2, 0.25) is 0 Å². The third-order valence-electron chi connectivity index (χ3n) is 4.46. The van der Waals surface area contributed by atoms with E-state index in [0.29, 0.717) is 5.41 Å². The van der Waals surface area contributed by atoms with Crippen LogP contribution in [0.15, 0.2) is 24.3 Å². The number of unbranched alkanes of at least 4 members (excludes halogenated alkanes) is 7. The molecular formula is C17H28. The van der Waals surface area contributed by atoms with E-state index in [9.17, 15) is 0 Å². The van der Waals surface area contributed by atoms with Crippen molar-refractivity contribution in [3.8, 4) is 0 Å². The Labute approximate surface area is 107 Å². The molecule has 2 aliphatic rings. The van der Waals surface area contributed by atoms with E-state index in [1.165, 1.54) is 64.2 Å². The average Bonchev–Trinajstić information content (AvgIpc) is 2.93. The van der Waals surface area contributed by atoms with Crippen LogP contribution in [0.1, 0.15) is 71.1 Å². The lowest BCUT2D eigenvalue weighted by Gasteiger charge is -2.20. The number of fused-ring (bicyclic) bond motifs is 2. The molecule has 0 atom stereocenters. The van der Waals surface area contributed by atoms with Gasteiger partial charge in [-0.05, 0) is 18.8 Å². The molecule has 17 heavy (non-hydrogen) atoms. The van der Waals surface area contributed by atoms with Gasteiger partial charge >= 0.3 is 0 Å². The predicted octanol–water partition coefficient (Wildman–Crippen LogP) is 5.65. The second kappa shape index (κ2) is 6.42. The van der Waals surface area contributed by atoms with Gasteiger partial charge in [0.25, 0.3) is 0 Å². The van der Waals surface area contributed by atoms with Crippen LogP contribution < -0.4 is 0 Å². The molecule has 0 aliphatic heterocycles. The van der Waals surface area contributed by atoms with E-state index in [1.807, 2.05) is 0 Å². The lowest BCUT2D eigenvalue weighted by molar-refractivity contribution is 0.414. The highest BCUT2D eigenvalue weighted by molar-refractivity contribution is 5.28. The van der Waals surface area contributed by atoms with Gasteiger partial charge in [0, 0.05) is 5.41 Å². The van der Waals surface area contributed by atoms with Crippen molar-refractivity contribution in [2.45, 2.75) is 71.1 Å². The van der Waals surface area contributed by atoms with Gasteiger partial charge in [-0.1, -0.05) is 82.6 Å². The Morgan fingerprint density at radius 2 is 1.47 bits per heavy atom. The van der Waals surface area contributed by atoms with Crippen LogP contribution in [0.5, 0.6) is 0 Å². The topological polar surface area (TPSA) is 0 Å². The van der Waals surface area contributed by atoms with E-state index in [1.54, 1.807) is 0 Å². The highest BCUT2D eigenvalue weighted by atomic mass is 14.4. The first-order valence-electron chi connectivity index (χ1n) is 7.73. The molecule has 0 radical (unpaired) electrons. The van der Waals surface area contributed by atoms with Gasteiger partial charge in [-0.3, -0.25) is 0 Å². The van der Waals surface area contributed by atoms with Crippen molar-refractivity contribution in [3.05, 3.63) is 24.3 Å². The van der Waals surface area contributed by atoms with Crippen molar-refractivity contribution in [1.29, 1.82) is 0 Å². The molecule has 0 aromatic rings. The molecule has 0 amide bonds. The monoisotopic (exact) mass is 232 g/mol. The summed E-state index contributed by atoms with van der Waals surface area (Å²) in [4.78, 5) is 0. The molecule has 2 rings (SSSR count). The molecule has 2 aliphatic carbocycles. The van der Waals surface area contributed by atoms with Crippen molar-refractivity contribution in [2.24, 2.45) is 11.3 Å². The van der Waals surface area contributed by atoms with Crippen molar-refractivity contribution >= 4 is 0 Å². The second-order valence-corrected chi connectivity index (χ2v) is 6.04. The van der Waals surface area contributed by atoms with Gasteiger partial charge in [0.2, 0.25) is 0 Å². The summed E-state index contributed by atoms with van der Waals surface area (Å²) in [6.07, 6.45) is 24.0. The van der Waals surface area contributed by atoms with Crippen LogP contribution >= 0.6 is 0 Å². The van der Waals surface area contributed by atoms with Gasteiger partial charge in [0.05, 0.1) is 0 Å². The van der Waals surface area contributed by atoms with E-state index in [2.05, 4.69) is 31.2 Å². The maximum Gasteiger partial charge on any atom is 0.00699 e. The molecule has 0 nitrogen and oxygen atoms in total. The van der Waals surface area contributed by atoms with E-state index >= 15 is 0 Å². The first-order chi connectivity index (χ1) is 8.35. The van der Waals surface area contributed by atoms with E-state index in [4.69, 9.17) is 0 Å². The minimum atomic E-state index is 0.493. The average molecular weight is 232 g/mol. The quantitative estimate of drug-likeness (QED) is 0.356. The van der Waals surface area contributed by atoms with Crippen LogP contribution in [0.4, 0.5) is 0 Å². The number of hydrogen-bond donors (Lipinski definition) is 0. The second-order valence-electron chi connectivity index (χ2n) is 6.04. The Morgan fingerprint density at radius 3 is 2.00 bits per heavy atom. The van der Waals surface area contributed by atoms with Crippen molar-refractivity contribution in [1.82, 2.24) is 0 Å². The van der Waals surface area contributed by atoms with Gasteiger partial charge < -0.3 is 0 Å². The molecule has 0 aromatic carbocycles. The maximum absolute atomic E-state index is 2.47. The highest BCUT2D eigenvalue weighted by Gasteiger charge is 2.35. The molecule has 0 heteroatoms. The molecule has 0 aromatic heterocycles. The standard InChI is InChI=1S/C17H28/c1-2-3-4-5-6-7-8-9-12-17-13-10-16(15-17)11-14-17/h10-11,13-14,16H,2-9,12,15H2,1H3. The van der Waals surface area contributed by atoms with Gasteiger partial charge in [0.1, 0.15) is 0 Å². The molecule has 0 N–H and O–H groups in total. The van der Waals surface area contributed by atoms with Gasteiger partial charge in [-0.2, -0.15) is 0 Å². The summed E-state index contributed by atoms with van der Waals surface area (Å²) >= 11 is 0. The largest absolute Gasteiger partial charge is 0.0807 e. The number of hydrogen-bond acceptors (Lipinski definition) is 0. The fourth-order valence-electron chi connectivity index (χ4n) is 3.32. The summed E-state index contributed by atoms with van der Waals surface area (Å²) in [6.45, 7) is 2.29.